The lowest BCUT2D eigenvalue weighted by atomic mass is 9.79. The maximum atomic E-state index is 13.1. The number of rotatable bonds is 5. The largest absolute Gasteiger partial charge is 0.481 e. The standard InChI is InChI=1S/C26H30N2O5/c1-25(2,3)21(22(29)28-14-26(4,15-28)23(30)31)27-24(32)33-13-20-18-11-7-5-9-16(18)17-10-6-8-12-19(17)20/h5-12,20-21H,13-15H2,1-4H3,(H,27,32)(H,30,31). The summed E-state index contributed by atoms with van der Waals surface area (Å²) in [7, 11) is 0. The molecule has 1 aliphatic heterocycles. The molecule has 33 heavy (non-hydrogen) atoms. The van der Waals surface area contributed by atoms with Gasteiger partial charge in [-0.25, -0.2) is 4.79 Å². The Balaban J connectivity index is 1.43. The number of hydrogen-bond acceptors (Lipinski definition) is 4. The first-order valence-electron chi connectivity index (χ1n) is 11.1. The molecule has 1 saturated heterocycles. The number of hydrogen-bond donors (Lipinski definition) is 2. The summed E-state index contributed by atoms with van der Waals surface area (Å²) in [5.74, 6) is -1.29. The van der Waals surface area contributed by atoms with Crippen molar-refractivity contribution in [3.63, 3.8) is 0 Å². The number of carboxylic acid groups (broad SMARTS) is 1. The summed E-state index contributed by atoms with van der Waals surface area (Å²) < 4.78 is 5.61. The van der Waals surface area contributed by atoms with Gasteiger partial charge in [-0.15, -0.1) is 0 Å². The van der Waals surface area contributed by atoms with E-state index in [9.17, 15) is 19.5 Å². The molecular weight excluding hydrogens is 420 g/mol. The van der Waals surface area contributed by atoms with Gasteiger partial charge in [0.15, 0.2) is 0 Å². The molecule has 0 radical (unpaired) electrons. The van der Waals surface area contributed by atoms with E-state index in [0.29, 0.717) is 0 Å². The van der Waals surface area contributed by atoms with Gasteiger partial charge in [0.2, 0.25) is 5.91 Å². The zero-order valence-corrected chi connectivity index (χ0v) is 19.4. The van der Waals surface area contributed by atoms with Crippen molar-refractivity contribution in [2.45, 2.75) is 39.7 Å². The molecular formula is C26H30N2O5. The van der Waals surface area contributed by atoms with E-state index in [1.54, 1.807) is 6.92 Å². The molecule has 7 nitrogen and oxygen atoms in total. The van der Waals surface area contributed by atoms with Crippen LogP contribution in [-0.2, 0) is 14.3 Å². The number of amides is 2. The maximum Gasteiger partial charge on any atom is 0.407 e. The fourth-order valence-electron chi connectivity index (χ4n) is 4.68. The Labute approximate surface area is 193 Å². The van der Waals surface area contributed by atoms with Crippen molar-refractivity contribution in [2.75, 3.05) is 19.7 Å². The Bertz CT molecular complexity index is 1050. The minimum Gasteiger partial charge on any atom is -0.481 e. The molecule has 1 heterocycles. The molecule has 1 fully saturated rings. The summed E-state index contributed by atoms with van der Waals surface area (Å²) >= 11 is 0. The van der Waals surface area contributed by atoms with Crippen molar-refractivity contribution in [1.29, 1.82) is 0 Å². The number of carboxylic acids is 1. The average molecular weight is 451 g/mol. The zero-order valence-electron chi connectivity index (χ0n) is 19.4. The van der Waals surface area contributed by atoms with E-state index in [4.69, 9.17) is 4.74 Å². The van der Waals surface area contributed by atoms with E-state index in [-0.39, 0.29) is 31.5 Å². The highest BCUT2D eigenvalue weighted by Crippen LogP contribution is 2.44. The van der Waals surface area contributed by atoms with Gasteiger partial charge in [-0.1, -0.05) is 69.3 Å². The monoisotopic (exact) mass is 450 g/mol. The molecule has 1 aliphatic carbocycles. The van der Waals surface area contributed by atoms with Crippen LogP contribution in [0.4, 0.5) is 4.79 Å². The predicted molar refractivity (Wildman–Crippen MR) is 124 cm³/mol. The second kappa shape index (κ2) is 8.21. The first kappa shape index (κ1) is 22.8. The van der Waals surface area contributed by atoms with E-state index in [1.165, 1.54) is 4.90 Å². The Morgan fingerprint density at radius 1 is 1.06 bits per heavy atom. The van der Waals surface area contributed by atoms with Crippen molar-refractivity contribution < 1.29 is 24.2 Å². The third-order valence-electron chi connectivity index (χ3n) is 6.63. The van der Waals surface area contributed by atoms with Crippen LogP contribution in [0.25, 0.3) is 11.1 Å². The molecule has 2 N–H and O–H groups in total. The molecule has 0 saturated carbocycles. The fourth-order valence-corrected chi connectivity index (χ4v) is 4.68. The molecule has 7 heteroatoms. The molecule has 0 bridgehead atoms. The summed E-state index contributed by atoms with van der Waals surface area (Å²) in [6, 6.07) is 15.4. The summed E-state index contributed by atoms with van der Waals surface area (Å²) in [4.78, 5) is 38.7. The minimum atomic E-state index is -0.943. The maximum absolute atomic E-state index is 13.1. The van der Waals surface area contributed by atoms with Gasteiger partial charge in [0, 0.05) is 19.0 Å². The van der Waals surface area contributed by atoms with Gasteiger partial charge in [0.05, 0.1) is 5.41 Å². The normalized spacial score (nSPS) is 17.4. The molecule has 1 atom stereocenters. The summed E-state index contributed by atoms with van der Waals surface area (Å²) in [6.07, 6.45) is -0.661. The van der Waals surface area contributed by atoms with E-state index in [0.717, 1.165) is 22.3 Å². The number of alkyl carbamates (subject to hydrolysis) is 1. The molecule has 0 spiro atoms. The van der Waals surface area contributed by atoms with Crippen molar-refractivity contribution >= 4 is 18.0 Å². The van der Waals surface area contributed by atoms with E-state index in [2.05, 4.69) is 17.4 Å². The van der Waals surface area contributed by atoms with Crippen LogP contribution in [0.5, 0.6) is 0 Å². The van der Waals surface area contributed by atoms with Crippen LogP contribution in [0.3, 0.4) is 0 Å². The topological polar surface area (TPSA) is 95.9 Å². The lowest BCUT2D eigenvalue weighted by molar-refractivity contribution is -0.165. The van der Waals surface area contributed by atoms with E-state index < -0.39 is 28.9 Å². The van der Waals surface area contributed by atoms with Gasteiger partial charge < -0.3 is 20.1 Å². The van der Waals surface area contributed by atoms with Crippen LogP contribution in [-0.4, -0.2) is 53.7 Å². The highest BCUT2D eigenvalue weighted by Gasteiger charge is 2.50. The van der Waals surface area contributed by atoms with Crippen LogP contribution >= 0.6 is 0 Å². The molecule has 2 aliphatic rings. The lowest BCUT2D eigenvalue weighted by Crippen LogP contribution is -2.65. The van der Waals surface area contributed by atoms with E-state index in [1.807, 2.05) is 57.2 Å². The summed E-state index contributed by atoms with van der Waals surface area (Å²) in [6.45, 7) is 7.59. The highest BCUT2D eigenvalue weighted by atomic mass is 16.5. The number of carbonyl (C=O) groups excluding carboxylic acids is 2. The quantitative estimate of drug-likeness (QED) is 0.721. The zero-order chi connectivity index (χ0) is 24.0. The molecule has 1 unspecified atom stereocenters. The van der Waals surface area contributed by atoms with Crippen LogP contribution in [0.2, 0.25) is 0 Å². The average Bonchev–Trinajstić information content (AvgIpc) is 3.06. The third kappa shape index (κ3) is 4.19. The highest BCUT2D eigenvalue weighted by molar-refractivity contribution is 5.89. The van der Waals surface area contributed by atoms with Crippen molar-refractivity contribution in [2.24, 2.45) is 10.8 Å². The van der Waals surface area contributed by atoms with Crippen LogP contribution in [0, 0.1) is 10.8 Å². The van der Waals surface area contributed by atoms with E-state index >= 15 is 0 Å². The van der Waals surface area contributed by atoms with Gasteiger partial charge in [-0.3, -0.25) is 9.59 Å². The number of nitrogens with one attached hydrogen (secondary N) is 1. The Kier molecular flexibility index (Phi) is 5.68. The number of benzene rings is 2. The molecule has 0 aromatic heterocycles. The second-order valence-electron chi connectivity index (χ2n) is 10.3. The van der Waals surface area contributed by atoms with Crippen LogP contribution in [0.1, 0.15) is 44.7 Å². The molecule has 174 valence electrons. The molecule has 2 aromatic rings. The summed E-state index contributed by atoms with van der Waals surface area (Å²) in [5, 5.41) is 12.1. The van der Waals surface area contributed by atoms with Crippen molar-refractivity contribution in [1.82, 2.24) is 10.2 Å². The van der Waals surface area contributed by atoms with Crippen LogP contribution in [0.15, 0.2) is 48.5 Å². The van der Waals surface area contributed by atoms with Gasteiger partial charge >= 0.3 is 12.1 Å². The second-order valence-corrected chi connectivity index (χ2v) is 10.3. The minimum absolute atomic E-state index is 0.0707. The van der Waals surface area contributed by atoms with Gasteiger partial charge in [-0.2, -0.15) is 0 Å². The smallest absolute Gasteiger partial charge is 0.407 e. The van der Waals surface area contributed by atoms with Gasteiger partial charge in [0.25, 0.3) is 0 Å². The third-order valence-corrected chi connectivity index (χ3v) is 6.63. The Morgan fingerprint density at radius 2 is 1.58 bits per heavy atom. The number of fused-ring (bicyclic) bond motifs is 3. The molecule has 2 aromatic carbocycles. The number of carbonyl (C=O) groups is 3. The van der Waals surface area contributed by atoms with Crippen molar-refractivity contribution in [3.05, 3.63) is 59.7 Å². The first-order valence-corrected chi connectivity index (χ1v) is 11.1. The van der Waals surface area contributed by atoms with Gasteiger partial charge in [0.1, 0.15) is 12.6 Å². The molecule has 2 amide bonds. The fraction of sp³-hybridized carbons (Fsp3) is 0.423. The lowest BCUT2D eigenvalue weighted by Gasteiger charge is -2.47. The number of likely N-dealkylation sites (tertiary alicyclic amines) is 1. The van der Waals surface area contributed by atoms with Crippen LogP contribution < -0.4 is 5.32 Å². The predicted octanol–water partition coefficient (Wildman–Crippen LogP) is 3.87. The van der Waals surface area contributed by atoms with Gasteiger partial charge in [-0.05, 0) is 34.6 Å². The van der Waals surface area contributed by atoms with Crippen molar-refractivity contribution in [3.8, 4) is 11.1 Å². The summed E-state index contributed by atoms with van der Waals surface area (Å²) in [5.41, 5.74) is 3.00. The SMILES string of the molecule is CC1(C(=O)O)CN(C(=O)C(NC(=O)OCC2c3ccccc3-c3ccccc32)C(C)(C)C)C1. The molecule has 4 rings (SSSR count). The first-order chi connectivity index (χ1) is 15.5. The number of nitrogens with zero attached hydrogens (tertiary/aromatic N) is 1. The number of ether oxygens (including phenoxy) is 1. The Morgan fingerprint density at radius 3 is 2.06 bits per heavy atom. The number of aliphatic carboxylic acids is 1. The Hall–Kier alpha value is -3.35.